The number of nitrogens with one attached hydrogen (secondary N) is 1. The second-order valence-electron chi connectivity index (χ2n) is 6.23. The van der Waals surface area contributed by atoms with Crippen LogP contribution in [-0.4, -0.2) is 41.6 Å². The minimum Gasteiger partial charge on any atom is -0.353 e. The van der Waals surface area contributed by atoms with Gasteiger partial charge in [-0.25, -0.2) is 4.39 Å². The van der Waals surface area contributed by atoms with Crippen LogP contribution in [-0.2, 0) is 20.8 Å². The number of nitrogens with zero attached hydrogens (tertiary/aromatic N) is 1. The molecule has 1 fully saturated rings. The lowest BCUT2D eigenvalue weighted by molar-refractivity contribution is -0.131. The second kappa shape index (κ2) is 8.57. The average Bonchev–Trinajstić information content (AvgIpc) is 2.55. The van der Waals surface area contributed by atoms with Crippen molar-refractivity contribution in [2.75, 3.05) is 13.1 Å². The number of likely N-dealkylation sites (tertiary alicyclic amines) is 1. The Bertz CT molecular complexity index is 593. The van der Waals surface area contributed by atoms with Crippen LogP contribution >= 0.6 is 0 Å². The van der Waals surface area contributed by atoms with Crippen LogP contribution in [0.3, 0.4) is 0 Å². The van der Waals surface area contributed by atoms with Gasteiger partial charge in [0.15, 0.2) is 0 Å². The number of carbonyl (C=O) groups excluding carboxylic acids is 3. The largest absolute Gasteiger partial charge is 0.353 e. The first kappa shape index (κ1) is 18.1. The molecule has 0 spiro atoms. The Morgan fingerprint density at radius 1 is 1.12 bits per heavy atom. The van der Waals surface area contributed by atoms with Gasteiger partial charge in [-0.05, 0) is 37.5 Å². The third kappa shape index (κ3) is 5.76. The van der Waals surface area contributed by atoms with E-state index < -0.39 is 0 Å². The number of hydrogen-bond donors (Lipinski definition) is 1. The van der Waals surface area contributed by atoms with Gasteiger partial charge in [-0.1, -0.05) is 12.1 Å². The molecule has 0 atom stereocenters. The zero-order chi connectivity index (χ0) is 17.5. The lowest BCUT2D eigenvalue weighted by Crippen LogP contribution is -2.47. The number of piperidine rings is 1. The van der Waals surface area contributed by atoms with Gasteiger partial charge in [0.25, 0.3) is 0 Å². The van der Waals surface area contributed by atoms with Crippen molar-refractivity contribution in [2.24, 2.45) is 0 Å². The summed E-state index contributed by atoms with van der Waals surface area (Å²) in [6.07, 6.45) is 2.16. The van der Waals surface area contributed by atoms with Gasteiger partial charge < -0.3 is 15.0 Å². The molecule has 2 amide bonds. The standard InChI is InChI=1S/C18H23FN2O3/c1-13(22)2-7-17(23)20-16-8-10-21(11-9-16)18(24)12-14-3-5-15(19)6-4-14/h3-6,16H,2,7-12H2,1H3,(H,20,23). The predicted octanol–water partition coefficient (Wildman–Crippen LogP) is 1.84. The Morgan fingerprint density at radius 2 is 1.75 bits per heavy atom. The molecule has 1 aromatic rings. The normalized spacial score (nSPS) is 15.2. The van der Waals surface area contributed by atoms with Gasteiger partial charge in [0.1, 0.15) is 11.6 Å². The van der Waals surface area contributed by atoms with E-state index >= 15 is 0 Å². The molecule has 0 aromatic heterocycles. The first-order valence-electron chi connectivity index (χ1n) is 8.25. The maximum Gasteiger partial charge on any atom is 0.226 e. The van der Waals surface area contributed by atoms with Crippen molar-refractivity contribution in [3.8, 4) is 0 Å². The highest BCUT2D eigenvalue weighted by Crippen LogP contribution is 2.13. The van der Waals surface area contributed by atoms with Crippen molar-refractivity contribution in [3.05, 3.63) is 35.6 Å². The summed E-state index contributed by atoms with van der Waals surface area (Å²) < 4.78 is 12.9. The van der Waals surface area contributed by atoms with E-state index in [9.17, 15) is 18.8 Å². The summed E-state index contributed by atoms with van der Waals surface area (Å²) in [6, 6.07) is 6.00. The summed E-state index contributed by atoms with van der Waals surface area (Å²) in [7, 11) is 0. The fourth-order valence-corrected chi connectivity index (χ4v) is 2.75. The molecular formula is C18H23FN2O3. The van der Waals surface area contributed by atoms with Crippen LogP contribution in [0.25, 0.3) is 0 Å². The van der Waals surface area contributed by atoms with Gasteiger partial charge >= 0.3 is 0 Å². The Balaban J connectivity index is 1.73. The van der Waals surface area contributed by atoms with Gasteiger partial charge in [0.05, 0.1) is 6.42 Å². The maximum atomic E-state index is 12.9. The van der Waals surface area contributed by atoms with Crippen LogP contribution in [0.5, 0.6) is 0 Å². The van der Waals surface area contributed by atoms with E-state index in [0.717, 1.165) is 5.56 Å². The number of hydrogen-bond acceptors (Lipinski definition) is 3. The highest BCUT2D eigenvalue weighted by Gasteiger charge is 2.23. The van der Waals surface area contributed by atoms with Crippen LogP contribution < -0.4 is 5.32 Å². The zero-order valence-corrected chi connectivity index (χ0v) is 13.9. The molecule has 1 N–H and O–H groups in total. The molecule has 2 rings (SSSR count). The number of Topliss-reactive ketones (excluding diaryl/α,β-unsaturated/α-hetero) is 1. The van der Waals surface area contributed by atoms with Gasteiger partial charge in [0, 0.05) is 32.0 Å². The van der Waals surface area contributed by atoms with Crippen molar-refractivity contribution >= 4 is 17.6 Å². The van der Waals surface area contributed by atoms with E-state index in [0.29, 0.717) is 25.9 Å². The summed E-state index contributed by atoms with van der Waals surface area (Å²) >= 11 is 0. The predicted molar refractivity (Wildman–Crippen MR) is 87.8 cm³/mol. The van der Waals surface area contributed by atoms with Crippen LogP contribution in [0.1, 0.15) is 38.2 Å². The molecule has 0 saturated carbocycles. The lowest BCUT2D eigenvalue weighted by atomic mass is 10.0. The van der Waals surface area contributed by atoms with Crippen molar-refractivity contribution in [1.29, 1.82) is 0 Å². The average molecular weight is 334 g/mol. The second-order valence-corrected chi connectivity index (χ2v) is 6.23. The molecule has 1 saturated heterocycles. The summed E-state index contributed by atoms with van der Waals surface area (Å²) in [5.74, 6) is -0.400. The third-order valence-corrected chi connectivity index (χ3v) is 4.19. The fraction of sp³-hybridized carbons (Fsp3) is 0.500. The SMILES string of the molecule is CC(=O)CCC(=O)NC1CCN(C(=O)Cc2ccc(F)cc2)CC1. The van der Waals surface area contributed by atoms with Crippen LogP contribution in [0, 0.1) is 5.82 Å². The molecule has 0 bridgehead atoms. The van der Waals surface area contributed by atoms with Crippen molar-refractivity contribution < 1.29 is 18.8 Å². The molecule has 0 radical (unpaired) electrons. The monoisotopic (exact) mass is 334 g/mol. The molecule has 0 aliphatic carbocycles. The molecule has 1 aliphatic heterocycles. The highest BCUT2D eigenvalue weighted by atomic mass is 19.1. The zero-order valence-electron chi connectivity index (χ0n) is 13.9. The number of carbonyl (C=O) groups is 3. The van der Waals surface area contributed by atoms with Crippen LogP contribution in [0.2, 0.25) is 0 Å². The van der Waals surface area contributed by atoms with E-state index in [1.807, 2.05) is 0 Å². The maximum absolute atomic E-state index is 12.9. The number of amides is 2. The molecule has 5 nitrogen and oxygen atoms in total. The quantitative estimate of drug-likeness (QED) is 0.863. The summed E-state index contributed by atoms with van der Waals surface area (Å²) in [5, 5.41) is 2.92. The van der Waals surface area contributed by atoms with E-state index in [1.54, 1.807) is 17.0 Å². The van der Waals surface area contributed by atoms with Gasteiger partial charge in [-0.3, -0.25) is 9.59 Å². The molecular weight excluding hydrogens is 311 g/mol. The number of halogens is 1. The van der Waals surface area contributed by atoms with Crippen molar-refractivity contribution in [3.63, 3.8) is 0 Å². The summed E-state index contributed by atoms with van der Waals surface area (Å²) in [5.41, 5.74) is 0.793. The highest BCUT2D eigenvalue weighted by molar-refractivity contribution is 5.83. The van der Waals surface area contributed by atoms with E-state index in [4.69, 9.17) is 0 Å². The lowest BCUT2D eigenvalue weighted by Gasteiger charge is -2.32. The van der Waals surface area contributed by atoms with Gasteiger partial charge in [0.2, 0.25) is 11.8 Å². The first-order valence-corrected chi connectivity index (χ1v) is 8.25. The Hall–Kier alpha value is -2.24. The minimum atomic E-state index is -0.312. The van der Waals surface area contributed by atoms with Gasteiger partial charge in [-0.2, -0.15) is 0 Å². The molecule has 24 heavy (non-hydrogen) atoms. The molecule has 1 aliphatic rings. The van der Waals surface area contributed by atoms with Crippen LogP contribution in [0.4, 0.5) is 4.39 Å². The molecule has 130 valence electrons. The Morgan fingerprint density at radius 3 is 2.33 bits per heavy atom. The first-order chi connectivity index (χ1) is 11.4. The van der Waals surface area contributed by atoms with Crippen molar-refractivity contribution in [2.45, 2.75) is 45.1 Å². The Kier molecular flexibility index (Phi) is 6.46. The molecule has 1 aromatic carbocycles. The van der Waals surface area contributed by atoms with Crippen molar-refractivity contribution in [1.82, 2.24) is 10.2 Å². The van der Waals surface area contributed by atoms with E-state index in [-0.39, 0.29) is 48.7 Å². The molecule has 1 heterocycles. The third-order valence-electron chi connectivity index (χ3n) is 4.19. The fourth-order valence-electron chi connectivity index (χ4n) is 2.75. The van der Waals surface area contributed by atoms with E-state index in [2.05, 4.69) is 5.32 Å². The number of rotatable bonds is 6. The minimum absolute atomic E-state index is 0.00589. The topological polar surface area (TPSA) is 66.5 Å². The summed E-state index contributed by atoms with van der Waals surface area (Å²) in [4.78, 5) is 36.7. The number of benzene rings is 1. The number of ketones is 1. The molecule has 6 heteroatoms. The molecule has 0 unspecified atom stereocenters. The summed E-state index contributed by atoms with van der Waals surface area (Å²) in [6.45, 7) is 2.66. The van der Waals surface area contributed by atoms with Gasteiger partial charge in [-0.15, -0.1) is 0 Å². The smallest absolute Gasteiger partial charge is 0.226 e. The Labute approximate surface area is 141 Å². The van der Waals surface area contributed by atoms with Crippen LogP contribution in [0.15, 0.2) is 24.3 Å². The van der Waals surface area contributed by atoms with E-state index in [1.165, 1.54) is 19.1 Å².